The number of nitrogens with one attached hydrogen (secondary N) is 1. The van der Waals surface area contributed by atoms with Crippen LogP contribution in [0.1, 0.15) is 18.5 Å². The van der Waals surface area contributed by atoms with Crippen LogP contribution in [0.4, 0.5) is 9.18 Å². The van der Waals surface area contributed by atoms with E-state index in [1.54, 1.807) is 44.4 Å². The molecule has 1 aliphatic rings. The fourth-order valence-corrected chi connectivity index (χ4v) is 3.15. The van der Waals surface area contributed by atoms with Crippen LogP contribution in [0.25, 0.3) is 0 Å². The molecule has 7 nitrogen and oxygen atoms in total. The first kappa shape index (κ1) is 21.2. The summed E-state index contributed by atoms with van der Waals surface area (Å²) in [5.74, 6) is 0.00592. The molecule has 0 unspecified atom stereocenters. The maximum absolute atomic E-state index is 14.5. The highest BCUT2D eigenvalue weighted by Crippen LogP contribution is 2.32. The molecule has 1 atom stereocenters. The molecule has 2 aromatic carbocycles. The number of rotatable bonds is 7. The molecule has 0 bridgehead atoms. The molecule has 1 heterocycles. The van der Waals surface area contributed by atoms with Crippen LogP contribution >= 0.6 is 0 Å². The number of benzene rings is 2. The van der Waals surface area contributed by atoms with Crippen molar-refractivity contribution in [3.8, 4) is 11.5 Å². The Morgan fingerprint density at radius 2 is 1.80 bits per heavy atom. The molecule has 8 heteroatoms. The normalized spacial score (nSPS) is 16.2. The Labute approximate surface area is 174 Å². The molecule has 1 aliphatic heterocycles. The van der Waals surface area contributed by atoms with Crippen LogP contribution in [0.15, 0.2) is 59.8 Å². The van der Waals surface area contributed by atoms with Gasteiger partial charge in [0.15, 0.2) is 0 Å². The van der Waals surface area contributed by atoms with Crippen LogP contribution in [0.5, 0.6) is 11.5 Å². The standard InChI is InChI=1S/C22H23FN2O5/c1-4-29-21(26)19-18(13-30-15-11-9-14(28-3)10-12-15)25(2)22(27)24-20(19)16-7-5-6-8-17(16)23/h5-12,20H,4,13H2,1-3H3,(H,24,27)/t20-/m1/s1. The smallest absolute Gasteiger partial charge is 0.338 e. The summed E-state index contributed by atoms with van der Waals surface area (Å²) in [6.07, 6.45) is 0. The first-order valence-electron chi connectivity index (χ1n) is 9.42. The minimum absolute atomic E-state index is 0.0879. The number of carbonyl (C=O) groups is 2. The van der Waals surface area contributed by atoms with Gasteiger partial charge in [0.25, 0.3) is 0 Å². The molecule has 0 spiro atoms. The number of hydrogen-bond acceptors (Lipinski definition) is 5. The first-order chi connectivity index (χ1) is 14.5. The van der Waals surface area contributed by atoms with Gasteiger partial charge in [0.1, 0.15) is 23.9 Å². The van der Waals surface area contributed by atoms with Crippen LogP contribution < -0.4 is 14.8 Å². The van der Waals surface area contributed by atoms with Gasteiger partial charge in [-0.3, -0.25) is 4.90 Å². The van der Waals surface area contributed by atoms with E-state index < -0.39 is 23.9 Å². The van der Waals surface area contributed by atoms with Crippen LogP contribution in [0.3, 0.4) is 0 Å². The Morgan fingerprint density at radius 3 is 2.43 bits per heavy atom. The Bertz CT molecular complexity index is 958. The van der Waals surface area contributed by atoms with E-state index >= 15 is 0 Å². The van der Waals surface area contributed by atoms with Crippen LogP contribution in [-0.2, 0) is 9.53 Å². The number of esters is 1. The second kappa shape index (κ2) is 9.30. The third kappa shape index (κ3) is 4.37. The fourth-order valence-electron chi connectivity index (χ4n) is 3.15. The number of ether oxygens (including phenoxy) is 3. The monoisotopic (exact) mass is 414 g/mol. The lowest BCUT2D eigenvalue weighted by molar-refractivity contribution is -0.139. The van der Waals surface area contributed by atoms with E-state index in [0.29, 0.717) is 17.2 Å². The quantitative estimate of drug-likeness (QED) is 0.703. The first-order valence-corrected chi connectivity index (χ1v) is 9.42. The molecule has 0 radical (unpaired) electrons. The topological polar surface area (TPSA) is 77.1 Å². The van der Waals surface area contributed by atoms with Crippen molar-refractivity contribution in [2.24, 2.45) is 0 Å². The lowest BCUT2D eigenvalue weighted by Gasteiger charge is -2.34. The number of methoxy groups -OCH3 is 1. The molecule has 0 aliphatic carbocycles. The Balaban J connectivity index is 2.01. The van der Waals surface area contributed by atoms with Crippen molar-refractivity contribution >= 4 is 12.0 Å². The van der Waals surface area contributed by atoms with Crippen molar-refractivity contribution < 1.29 is 28.2 Å². The van der Waals surface area contributed by atoms with E-state index in [1.807, 2.05) is 0 Å². The van der Waals surface area contributed by atoms with Gasteiger partial charge < -0.3 is 19.5 Å². The van der Waals surface area contributed by atoms with Crippen LogP contribution in [0.2, 0.25) is 0 Å². The van der Waals surface area contributed by atoms with E-state index in [0.717, 1.165) is 0 Å². The fraction of sp³-hybridized carbons (Fsp3) is 0.273. The van der Waals surface area contributed by atoms with Gasteiger partial charge in [0.05, 0.1) is 31.0 Å². The summed E-state index contributed by atoms with van der Waals surface area (Å²) in [7, 11) is 3.07. The zero-order valence-electron chi connectivity index (χ0n) is 17.0. The molecule has 3 rings (SSSR count). The largest absolute Gasteiger partial charge is 0.497 e. The third-order valence-corrected chi connectivity index (χ3v) is 4.72. The third-order valence-electron chi connectivity index (χ3n) is 4.72. The number of urea groups is 1. The Kier molecular flexibility index (Phi) is 6.56. The zero-order valence-corrected chi connectivity index (χ0v) is 17.0. The van der Waals surface area contributed by atoms with E-state index in [2.05, 4.69) is 5.32 Å². The molecule has 0 aromatic heterocycles. The van der Waals surface area contributed by atoms with Gasteiger partial charge >= 0.3 is 12.0 Å². The van der Waals surface area contributed by atoms with E-state index in [-0.39, 0.29) is 24.4 Å². The predicted octanol–water partition coefficient (Wildman–Crippen LogP) is 3.43. The molecule has 1 N–H and O–H groups in total. The summed E-state index contributed by atoms with van der Waals surface area (Å²) < 4.78 is 30.6. The molecular formula is C22H23FN2O5. The molecule has 2 amide bonds. The minimum Gasteiger partial charge on any atom is -0.497 e. The molecule has 0 saturated carbocycles. The summed E-state index contributed by atoms with van der Waals surface area (Å²) in [5, 5.41) is 2.67. The number of carbonyl (C=O) groups excluding carboxylic acids is 2. The Hall–Kier alpha value is -3.55. The number of nitrogens with zero attached hydrogens (tertiary/aromatic N) is 1. The second-order valence-corrected chi connectivity index (χ2v) is 6.51. The van der Waals surface area contributed by atoms with E-state index in [4.69, 9.17) is 14.2 Å². The van der Waals surface area contributed by atoms with Gasteiger partial charge in [-0.05, 0) is 37.3 Å². The number of hydrogen-bond donors (Lipinski definition) is 1. The SMILES string of the molecule is CCOC(=O)C1=C(COc2ccc(OC)cc2)N(C)C(=O)N[C@@H]1c1ccccc1F. The van der Waals surface area contributed by atoms with Crippen LogP contribution in [0, 0.1) is 5.82 Å². The molecule has 0 fully saturated rings. The summed E-state index contributed by atoms with van der Waals surface area (Å²) in [6, 6.07) is 11.4. The zero-order chi connectivity index (χ0) is 21.7. The maximum atomic E-state index is 14.5. The molecule has 2 aromatic rings. The number of amides is 2. The molecule has 30 heavy (non-hydrogen) atoms. The van der Waals surface area contributed by atoms with Crippen molar-refractivity contribution in [1.82, 2.24) is 10.2 Å². The molecule has 158 valence electrons. The maximum Gasteiger partial charge on any atom is 0.338 e. The van der Waals surface area contributed by atoms with Gasteiger partial charge in [0.2, 0.25) is 0 Å². The highest BCUT2D eigenvalue weighted by atomic mass is 19.1. The van der Waals surface area contributed by atoms with E-state index in [1.165, 1.54) is 30.1 Å². The van der Waals surface area contributed by atoms with Crippen molar-refractivity contribution in [2.75, 3.05) is 27.4 Å². The minimum atomic E-state index is -0.997. The van der Waals surface area contributed by atoms with Gasteiger partial charge in [-0.2, -0.15) is 0 Å². The van der Waals surface area contributed by atoms with Crippen LogP contribution in [-0.4, -0.2) is 44.3 Å². The predicted molar refractivity (Wildman–Crippen MR) is 108 cm³/mol. The highest BCUT2D eigenvalue weighted by molar-refractivity contribution is 5.95. The van der Waals surface area contributed by atoms with Crippen molar-refractivity contribution in [1.29, 1.82) is 0 Å². The number of halogens is 1. The van der Waals surface area contributed by atoms with Gasteiger partial charge in [-0.25, -0.2) is 14.0 Å². The van der Waals surface area contributed by atoms with Gasteiger partial charge in [-0.1, -0.05) is 18.2 Å². The second-order valence-electron chi connectivity index (χ2n) is 6.51. The van der Waals surface area contributed by atoms with E-state index in [9.17, 15) is 14.0 Å². The number of likely N-dealkylation sites (N-methyl/N-ethyl adjacent to an activating group) is 1. The highest BCUT2D eigenvalue weighted by Gasteiger charge is 2.38. The van der Waals surface area contributed by atoms with Crippen molar-refractivity contribution in [3.63, 3.8) is 0 Å². The molecule has 0 saturated heterocycles. The average Bonchev–Trinajstić information content (AvgIpc) is 2.75. The summed E-state index contributed by atoms with van der Waals surface area (Å²) in [5.41, 5.74) is 0.586. The molecular weight excluding hydrogens is 391 g/mol. The Morgan fingerprint density at radius 1 is 1.13 bits per heavy atom. The average molecular weight is 414 g/mol. The lowest BCUT2D eigenvalue weighted by Crippen LogP contribution is -2.48. The van der Waals surface area contributed by atoms with Crippen molar-refractivity contribution in [3.05, 3.63) is 71.2 Å². The lowest BCUT2D eigenvalue weighted by atomic mass is 9.94. The van der Waals surface area contributed by atoms with Gasteiger partial charge in [-0.15, -0.1) is 0 Å². The summed E-state index contributed by atoms with van der Waals surface area (Å²) in [6.45, 7) is 1.72. The summed E-state index contributed by atoms with van der Waals surface area (Å²) in [4.78, 5) is 26.6. The van der Waals surface area contributed by atoms with Gasteiger partial charge in [0, 0.05) is 12.6 Å². The summed E-state index contributed by atoms with van der Waals surface area (Å²) >= 11 is 0. The van der Waals surface area contributed by atoms with Crippen molar-refractivity contribution in [2.45, 2.75) is 13.0 Å².